The van der Waals surface area contributed by atoms with Crippen molar-refractivity contribution in [3.63, 3.8) is 0 Å². The van der Waals surface area contributed by atoms with Gasteiger partial charge in [-0.05, 0) is 68.9 Å². The lowest BCUT2D eigenvalue weighted by Crippen LogP contribution is -2.56. The minimum Gasteiger partial charge on any atom is -0.481 e. The number of aliphatic carboxylic acids is 1. The van der Waals surface area contributed by atoms with Gasteiger partial charge < -0.3 is 10.0 Å². The third-order valence-electron chi connectivity index (χ3n) is 9.98. The summed E-state index contributed by atoms with van der Waals surface area (Å²) in [7, 11) is 0. The molecule has 6 rings (SSSR count). The van der Waals surface area contributed by atoms with Crippen LogP contribution in [0.5, 0.6) is 0 Å². The van der Waals surface area contributed by atoms with Gasteiger partial charge in [-0.3, -0.25) is 9.59 Å². The predicted octanol–water partition coefficient (Wildman–Crippen LogP) is 6.21. The Balaban J connectivity index is 1.43. The maximum absolute atomic E-state index is 14.7. The minimum atomic E-state index is -6.17. The van der Waals surface area contributed by atoms with Crippen LogP contribution in [0, 0.1) is 10.8 Å². The van der Waals surface area contributed by atoms with Crippen LogP contribution in [0.15, 0.2) is 18.2 Å². The second-order valence-corrected chi connectivity index (χ2v) is 11.6. The molecule has 1 aromatic carbocycles. The second kappa shape index (κ2) is 7.85. The van der Waals surface area contributed by atoms with Crippen molar-refractivity contribution in [2.75, 3.05) is 6.54 Å². The Hall–Kier alpha value is -2.33. The standard InChI is InChI=1S/C26H28F7NO3/c1-21-12-13-34(19(35)22-6-9-23(10-7-22,11-8-22)20(36)37)18(21)5-2-15-14-16(3-4-17(15)21)24(27,25(28,29)30)26(31,32)33/h3-4,14,18H,2,5-13H2,1H3,(H,36,37). The summed E-state index contributed by atoms with van der Waals surface area (Å²) in [6, 6.07) is 2.14. The van der Waals surface area contributed by atoms with Crippen molar-refractivity contribution in [2.24, 2.45) is 10.8 Å². The highest BCUT2D eigenvalue weighted by atomic mass is 19.4. The maximum atomic E-state index is 14.7. The molecule has 1 N–H and O–H groups in total. The average molecular weight is 536 g/mol. The number of alkyl halides is 7. The van der Waals surface area contributed by atoms with Gasteiger partial charge in [0.25, 0.3) is 0 Å². The number of aryl methyl sites for hydroxylation is 1. The van der Waals surface area contributed by atoms with Crippen LogP contribution in [0.3, 0.4) is 0 Å². The number of fused-ring (bicyclic) bond motifs is 6. The van der Waals surface area contributed by atoms with E-state index in [-0.39, 0.29) is 23.9 Å². The fourth-order valence-corrected chi connectivity index (χ4v) is 7.53. The molecule has 0 aromatic heterocycles. The van der Waals surface area contributed by atoms with Crippen molar-refractivity contribution < 1.29 is 45.4 Å². The van der Waals surface area contributed by atoms with Crippen LogP contribution in [-0.2, 0) is 27.1 Å². The van der Waals surface area contributed by atoms with Crippen LogP contribution in [0.25, 0.3) is 0 Å². The molecule has 204 valence electrons. The molecule has 1 amide bonds. The highest BCUT2D eigenvalue weighted by Gasteiger charge is 2.73. The molecule has 5 aliphatic rings. The first-order valence-electron chi connectivity index (χ1n) is 12.5. The third kappa shape index (κ3) is 3.47. The zero-order chi connectivity index (χ0) is 27.2. The normalized spacial score (nSPS) is 33.7. The Morgan fingerprint density at radius 3 is 1.95 bits per heavy atom. The van der Waals surface area contributed by atoms with Crippen molar-refractivity contribution >= 4 is 11.9 Å². The molecule has 4 fully saturated rings. The molecule has 1 saturated heterocycles. The summed E-state index contributed by atoms with van der Waals surface area (Å²) in [4.78, 5) is 27.4. The number of rotatable bonds is 3. The van der Waals surface area contributed by atoms with Crippen molar-refractivity contribution in [1.82, 2.24) is 4.90 Å². The first-order valence-corrected chi connectivity index (χ1v) is 12.5. The van der Waals surface area contributed by atoms with Crippen molar-refractivity contribution in [2.45, 2.75) is 94.2 Å². The van der Waals surface area contributed by atoms with Gasteiger partial charge in [0.05, 0.1) is 5.41 Å². The van der Waals surface area contributed by atoms with Gasteiger partial charge in [-0.15, -0.1) is 0 Å². The monoisotopic (exact) mass is 535 g/mol. The number of likely N-dealkylation sites (tertiary alicyclic amines) is 1. The van der Waals surface area contributed by atoms with E-state index in [9.17, 15) is 45.4 Å². The molecule has 3 saturated carbocycles. The van der Waals surface area contributed by atoms with E-state index < -0.39 is 45.8 Å². The highest BCUT2D eigenvalue weighted by Crippen LogP contribution is 2.59. The van der Waals surface area contributed by atoms with Crippen LogP contribution >= 0.6 is 0 Å². The summed E-state index contributed by atoms with van der Waals surface area (Å²) in [5.74, 6) is -0.851. The third-order valence-corrected chi connectivity index (χ3v) is 9.98. The molecule has 1 heterocycles. The molecule has 0 spiro atoms. The smallest absolute Gasteiger partial charge is 0.435 e. The van der Waals surface area contributed by atoms with Crippen LogP contribution < -0.4 is 0 Å². The summed E-state index contributed by atoms with van der Waals surface area (Å²) >= 11 is 0. The minimum absolute atomic E-state index is 0.0306. The van der Waals surface area contributed by atoms with Gasteiger partial charge >= 0.3 is 24.0 Å². The van der Waals surface area contributed by atoms with E-state index in [1.165, 1.54) is 0 Å². The van der Waals surface area contributed by atoms with Crippen LogP contribution in [0.4, 0.5) is 30.7 Å². The quantitative estimate of drug-likeness (QED) is 0.469. The van der Waals surface area contributed by atoms with Crippen LogP contribution in [0.2, 0.25) is 0 Å². The average Bonchev–Trinajstić information content (AvgIpc) is 3.19. The number of carboxylic acid groups (broad SMARTS) is 1. The Labute approximate surface area is 209 Å². The van der Waals surface area contributed by atoms with E-state index in [0.717, 1.165) is 6.07 Å². The molecule has 1 aromatic rings. The Kier molecular flexibility index (Phi) is 5.57. The van der Waals surface area contributed by atoms with Crippen LogP contribution in [0.1, 0.15) is 75.0 Å². The van der Waals surface area contributed by atoms with E-state index in [1.807, 2.05) is 6.92 Å². The largest absolute Gasteiger partial charge is 0.481 e. The molecule has 2 atom stereocenters. The van der Waals surface area contributed by atoms with Gasteiger partial charge in [-0.25, -0.2) is 4.39 Å². The number of nitrogens with zero attached hydrogens (tertiary/aromatic N) is 1. The lowest BCUT2D eigenvalue weighted by atomic mass is 9.53. The molecule has 37 heavy (non-hydrogen) atoms. The fourth-order valence-electron chi connectivity index (χ4n) is 7.53. The lowest BCUT2D eigenvalue weighted by Gasteiger charge is -2.52. The van der Waals surface area contributed by atoms with Gasteiger partial charge in [0.1, 0.15) is 0 Å². The van der Waals surface area contributed by atoms with Crippen molar-refractivity contribution in [3.05, 3.63) is 34.9 Å². The molecule has 11 heteroatoms. The van der Waals surface area contributed by atoms with Crippen LogP contribution in [-0.4, -0.2) is 46.8 Å². The topological polar surface area (TPSA) is 57.6 Å². The van der Waals surface area contributed by atoms with Gasteiger partial charge in [0.15, 0.2) is 0 Å². The fraction of sp³-hybridized carbons (Fsp3) is 0.692. The Bertz CT molecular complexity index is 1110. The molecular formula is C26H28F7NO3. The van der Waals surface area contributed by atoms with Crippen molar-refractivity contribution in [3.8, 4) is 0 Å². The first-order chi connectivity index (χ1) is 17.0. The zero-order valence-corrected chi connectivity index (χ0v) is 20.2. The Morgan fingerprint density at radius 1 is 0.892 bits per heavy atom. The van der Waals surface area contributed by atoms with Gasteiger partial charge in [0, 0.05) is 29.0 Å². The van der Waals surface area contributed by atoms with Gasteiger partial charge in [0.2, 0.25) is 5.91 Å². The maximum Gasteiger partial charge on any atom is 0.435 e. The van der Waals surface area contributed by atoms with Crippen molar-refractivity contribution in [1.29, 1.82) is 0 Å². The number of hydrogen-bond acceptors (Lipinski definition) is 2. The number of benzene rings is 1. The molecule has 2 unspecified atom stereocenters. The summed E-state index contributed by atoms with van der Waals surface area (Å²) in [6.45, 7) is 2.25. The number of carbonyl (C=O) groups excluding carboxylic acids is 1. The highest BCUT2D eigenvalue weighted by molar-refractivity contribution is 5.85. The summed E-state index contributed by atoms with van der Waals surface area (Å²) in [6.07, 6.45) is -8.61. The molecule has 2 bridgehead atoms. The van der Waals surface area contributed by atoms with Gasteiger partial charge in [-0.1, -0.05) is 25.1 Å². The van der Waals surface area contributed by atoms with E-state index in [0.29, 0.717) is 75.6 Å². The summed E-state index contributed by atoms with van der Waals surface area (Å²) in [5.41, 5.74) is -8.26. The predicted molar refractivity (Wildman–Crippen MR) is 117 cm³/mol. The number of halogens is 7. The zero-order valence-electron chi connectivity index (χ0n) is 20.2. The number of carbonyl (C=O) groups is 2. The molecule has 1 aliphatic heterocycles. The molecular weight excluding hydrogens is 507 g/mol. The van der Waals surface area contributed by atoms with E-state index in [2.05, 4.69) is 0 Å². The van der Waals surface area contributed by atoms with E-state index in [4.69, 9.17) is 0 Å². The van der Waals surface area contributed by atoms with Gasteiger partial charge in [-0.2, -0.15) is 26.3 Å². The molecule has 4 aliphatic carbocycles. The Morgan fingerprint density at radius 2 is 1.43 bits per heavy atom. The van der Waals surface area contributed by atoms with E-state index in [1.54, 1.807) is 4.90 Å². The summed E-state index contributed by atoms with van der Waals surface area (Å²) in [5, 5.41) is 9.64. The lowest BCUT2D eigenvalue weighted by molar-refractivity contribution is -0.348. The summed E-state index contributed by atoms with van der Waals surface area (Å²) < 4.78 is 94.4. The SMILES string of the molecule is CC12CCN(C(=O)C34CCC(C(=O)O)(CC3)CC4)C1CCc1cc(C(F)(C(F)(F)F)C(F)(F)F)ccc12. The number of hydrogen-bond donors (Lipinski definition) is 1. The molecule has 0 radical (unpaired) electrons. The second-order valence-electron chi connectivity index (χ2n) is 11.6. The molecule has 4 nitrogen and oxygen atoms in total. The number of amides is 1. The first kappa shape index (κ1) is 26.3. The van der Waals surface area contributed by atoms with E-state index >= 15 is 0 Å². The number of carboxylic acids is 1.